The lowest BCUT2D eigenvalue weighted by atomic mass is 10.0. The molecule has 2 atom stereocenters. The largest absolute Gasteiger partial charge is 0.478 e. The highest BCUT2D eigenvalue weighted by Gasteiger charge is 2.14. The molecule has 2 N–H and O–H groups in total. The minimum atomic E-state index is -1.23. The predicted molar refractivity (Wildman–Crippen MR) is 166 cm³/mol. The molecule has 0 saturated carbocycles. The van der Waals surface area contributed by atoms with Gasteiger partial charge in [-0.25, -0.2) is 9.59 Å². The minimum absolute atomic E-state index is 0.0444. The number of benzene rings is 1. The molecule has 0 aromatic heterocycles. The highest BCUT2D eigenvalue weighted by molar-refractivity contribution is 6.01. The van der Waals surface area contributed by atoms with Gasteiger partial charge < -0.3 is 19.7 Å². The number of hydrogen-bond donors (Lipinski definition) is 2. The zero-order valence-corrected chi connectivity index (χ0v) is 26.5. The van der Waals surface area contributed by atoms with Crippen LogP contribution in [0.1, 0.15) is 151 Å². The molecule has 2 unspecified atom stereocenters. The molecule has 8 nitrogen and oxygen atoms in total. The molecule has 0 amide bonds. The third kappa shape index (κ3) is 20.1. The van der Waals surface area contributed by atoms with Crippen molar-refractivity contribution in [3.63, 3.8) is 0 Å². The first kappa shape index (κ1) is 39.1. The fourth-order valence-corrected chi connectivity index (χ4v) is 4.46. The van der Waals surface area contributed by atoms with Gasteiger partial charge in [0.15, 0.2) is 0 Å². The smallest absolute Gasteiger partial charge is 0.336 e. The van der Waals surface area contributed by atoms with E-state index < -0.39 is 11.9 Å². The van der Waals surface area contributed by atoms with Crippen molar-refractivity contribution < 1.29 is 38.9 Å². The van der Waals surface area contributed by atoms with Gasteiger partial charge in [0.1, 0.15) is 0 Å². The topological polar surface area (TPSA) is 127 Å². The summed E-state index contributed by atoms with van der Waals surface area (Å²) in [5.41, 5.74) is -0.380. The normalized spacial score (nSPS) is 12.0. The highest BCUT2D eigenvalue weighted by atomic mass is 16.5. The van der Waals surface area contributed by atoms with E-state index in [4.69, 9.17) is 19.7 Å². The Morgan fingerprint density at radius 3 is 1.26 bits per heavy atom. The monoisotopic (exact) mass is 592 g/mol. The van der Waals surface area contributed by atoms with Gasteiger partial charge in [0.2, 0.25) is 0 Å². The van der Waals surface area contributed by atoms with E-state index in [0.717, 1.165) is 64.2 Å². The third-order valence-corrected chi connectivity index (χ3v) is 7.45. The van der Waals surface area contributed by atoms with Crippen molar-refractivity contribution >= 4 is 23.9 Å². The zero-order valence-electron chi connectivity index (χ0n) is 26.5. The Labute approximate surface area is 253 Å². The summed E-state index contributed by atoms with van der Waals surface area (Å²) in [5, 5.41) is 17.1. The number of aromatic carboxylic acids is 2. The van der Waals surface area contributed by atoms with Crippen LogP contribution >= 0.6 is 0 Å². The quantitative estimate of drug-likeness (QED) is 0.0954. The number of carboxylic acid groups (broad SMARTS) is 2. The summed E-state index contributed by atoms with van der Waals surface area (Å²) in [6, 6.07) is 5.48. The van der Waals surface area contributed by atoms with Crippen LogP contribution in [0, 0.1) is 11.8 Å². The second-order valence-corrected chi connectivity index (χ2v) is 11.0. The molecule has 0 aliphatic carbocycles. The summed E-state index contributed by atoms with van der Waals surface area (Å²) in [5.74, 6) is -1.51. The van der Waals surface area contributed by atoms with E-state index >= 15 is 0 Å². The molecule has 1 rings (SSSR count). The fourth-order valence-electron chi connectivity index (χ4n) is 4.46. The summed E-state index contributed by atoms with van der Waals surface area (Å²) in [4.78, 5) is 44.7. The van der Waals surface area contributed by atoms with Crippen molar-refractivity contribution in [1.82, 2.24) is 0 Å². The first-order valence-corrected chi connectivity index (χ1v) is 16.1. The second kappa shape index (κ2) is 25.8. The molecule has 1 aromatic carbocycles. The Kier molecular flexibility index (Phi) is 24.0. The summed E-state index contributed by atoms with van der Waals surface area (Å²) in [6.45, 7) is 9.90. The van der Waals surface area contributed by atoms with Crippen LogP contribution in [-0.4, -0.2) is 47.3 Å². The Morgan fingerprint density at radius 2 is 0.952 bits per heavy atom. The predicted octanol–water partition coefficient (Wildman–Crippen LogP) is 8.71. The summed E-state index contributed by atoms with van der Waals surface area (Å²) >= 11 is 0. The van der Waals surface area contributed by atoms with Crippen LogP contribution in [0.25, 0.3) is 0 Å². The second-order valence-electron chi connectivity index (χ2n) is 11.0. The molecule has 0 radical (unpaired) electrons. The Morgan fingerprint density at radius 1 is 0.595 bits per heavy atom. The van der Waals surface area contributed by atoms with E-state index in [0.29, 0.717) is 37.9 Å². The van der Waals surface area contributed by atoms with Gasteiger partial charge in [0.25, 0.3) is 0 Å². The average molecular weight is 593 g/mol. The molecule has 8 heteroatoms. The van der Waals surface area contributed by atoms with Crippen molar-refractivity contribution in [2.75, 3.05) is 13.2 Å². The Balaban J connectivity index is 0.00000115. The van der Waals surface area contributed by atoms with Crippen molar-refractivity contribution in [2.24, 2.45) is 11.8 Å². The first-order valence-electron chi connectivity index (χ1n) is 16.1. The lowest BCUT2D eigenvalue weighted by Crippen LogP contribution is -2.13. The molecule has 0 spiro atoms. The van der Waals surface area contributed by atoms with Gasteiger partial charge >= 0.3 is 23.9 Å². The molecule has 42 heavy (non-hydrogen) atoms. The maximum Gasteiger partial charge on any atom is 0.336 e. The number of carbonyl (C=O) groups excluding carboxylic acids is 2. The molecule has 0 heterocycles. The molecular formula is C34H56O8. The van der Waals surface area contributed by atoms with E-state index in [2.05, 4.69) is 27.7 Å². The minimum Gasteiger partial charge on any atom is -0.478 e. The van der Waals surface area contributed by atoms with Crippen LogP contribution in [0.3, 0.4) is 0 Å². The Bertz CT molecular complexity index is 811. The fraction of sp³-hybridized carbons (Fsp3) is 0.706. The lowest BCUT2D eigenvalue weighted by molar-refractivity contribution is -0.146. The molecule has 0 aliphatic rings. The van der Waals surface area contributed by atoms with E-state index in [1.807, 2.05) is 0 Å². The van der Waals surface area contributed by atoms with E-state index in [-0.39, 0.29) is 23.1 Å². The first-order chi connectivity index (χ1) is 20.2. The van der Waals surface area contributed by atoms with Crippen LogP contribution in [0.2, 0.25) is 0 Å². The summed E-state index contributed by atoms with van der Waals surface area (Å²) in [6.07, 6.45) is 16.5. The molecule has 0 saturated heterocycles. The molecular weight excluding hydrogens is 536 g/mol. The number of rotatable bonds is 23. The van der Waals surface area contributed by atoms with Gasteiger partial charge in [-0.15, -0.1) is 0 Å². The third-order valence-electron chi connectivity index (χ3n) is 7.45. The summed E-state index contributed by atoms with van der Waals surface area (Å²) in [7, 11) is 0. The maximum absolute atomic E-state index is 11.9. The van der Waals surface area contributed by atoms with Crippen molar-refractivity contribution in [3.8, 4) is 0 Å². The van der Waals surface area contributed by atoms with Gasteiger partial charge in [0, 0.05) is 12.8 Å². The average Bonchev–Trinajstić information content (AvgIpc) is 2.98. The highest BCUT2D eigenvalue weighted by Crippen LogP contribution is 2.16. The molecule has 0 bridgehead atoms. The number of unbranched alkanes of at least 4 members (excludes halogenated alkanes) is 7. The van der Waals surface area contributed by atoms with Gasteiger partial charge in [-0.05, 0) is 49.7 Å². The molecule has 240 valence electrons. The van der Waals surface area contributed by atoms with Gasteiger partial charge in [0.05, 0.1) is 24.3 Å². The number of ether oxygens (including phenoxy) is 2. The van der Waals surface area contributed by atoms with Gasteiger partial charge in [-0.2, -0.15) is 0 Å². The summed E-state index contributed by atoms with van der Waals surface area (Å²) < 4.78 is 10.9. The van der Waals surface area contributed by atoms with Crippen molar-refractivity contribution in [3.05, 3.63) is 35.4 Å². The van der Waals surface area contributed by atoms with Crippen molar-refractivity contribution in [1.29, 1.82) is 0 Å². The van der Waals surface area contributed by atoms with Gasteiger partial charge in [-0.1, -0.05) is 104 Å². The number of carbonyl (C=O) groups is 4. The van der Waals surface area contributed by atoms with E-state index in [9.17, 15) is 19.2 Å². The SMILES string of the molecule is CCCCC(CC)COC(=O)CCCCCCCCC(=O)OCC(CC)CCCC.O=C(O)c1ccccc1C(=O)O. The van der Waals surface area contributed by atoms with Crippen LogP contribution in [0.4, 0.5) is 0 Å². The Hall–Kier alpha value is -2.90. The van der Waals surface area contributed by atoms with Crippen molar-refractivity contribution in [2.45, 2.75) is 130 Å². The lowest BCUT2D eigenvalue weighted by Gasteiger charge is -2.14. The van der Waals surface area contributed by atoms with E-state index in [1.165, 1.54) is 49.9 Å². The van der Waals surface area contributed by atoms with Gasteiger partial charge in [-0.3, -0.25) is 9.59 Å². The maximum atomic E-state index is 11.9. The zero-order chi connectivity index (χ0) is 31.6. The molecule has 1 aromatic rings. The molecule has 0 aliphatic heterocycles. The van der Waals surface area contributed by atoms with Crippen LogP contribution in [-0.2, 0) is 19.1 Å². The number of esters is 2. The standard InChI is InChI=1S/C26H50O4.C8H6O4/c1-5-9-17-23(7-3)21-29-25(27)19-15-13-11-12-14-16-20-26(28)30-22-24(8-4)18-10-6-2;9-7(10)5-3-1-2-4-6(5)8(11)12/h23-24H,5-22H2,1-4H3;1-4H,(H,9,10)(H,11,12). The van der Waals surface area contributed by atoms with E-state index in [1.54, 1.807) is 0 Å². The van der Waals surface area contributed by atoms with Crippen LogP contribution in [0.15, 0.2) is 24.3 Å². The number of hydrogen-bond acceptors (Lipinski definition) is 6. The molecule has 0 fully saturated rings. The van der Waals surface area contributed by atoms with Crippen LogP contribution < -0.4 is 0 Å². The van der Waals surface area contributed by atoms with Crippen LogP contribution in [0.5, 0.6) is 0 Å². The number of carboxylic acids is 2.